The summed E-state index contributed by atoms with van der Waals surface area (Å²) < 4.78 is 5.48. The molecule has 4 heteroatoms. The lowest BCUT2D eigenvalue weighted by atomic mass is 10.0. The number of benzene rings is 2. The molecule has 1 N–H and O–H groups in total. The van der Waals surface area contributed by atoms with E-state index in [2.05, 4.69) is 41.7 Å². The third kappa shape index (κ3) is 3.28. The summed E-state index contributed by atoms with van der Waals surface area (Å²) in [5.41, 5.74) is 0.787. The van der Waals surface area contributed by atoms with Crippen molar-refractivity contribution in [3.63, 3.8) is 0 Å². The summed E-state index contributed by atoms with van der Waals surface area (Å²) in [5, 5.41) is 6.00. The lowest BCUT2D eigenvalue weighted by Gasteiger charge is -2.22. The molecule has 2 aromatic rings. The number of hydrogen-bond acceptors (Lipinski definition) is 4. The van der Waals surface area contributed by atoms with Crippen LogP contribution < -0.4 is 5.32 Å². The first-order valence-corrected chi connectivity index (χ1v) is 8.57. The van der Waals surface area contributed by atoms with Crippen molar-refractivity contribution in [3.8, 4) is 0 Å². The Labute approximate surface area is 135 Å². The Kier molecular flexibility index (Phi) is 4.15. The predicted molar refractivity (Wildman–Crippen MR) is 91.9 cm³/mol. The number of carbonyl (C=O) groups excluding carboxylic acids is 1. The number of carbonyl (C=O) groups is 1. The van der Waals surface area contributed by atoms with Crippen molar-refractivity contribution in [1.29, 1.82) is 0 Å². The summed E-state index contributed by atoms with van der Waals surface area (Å²) in [4.78, 5) is 12.2. The van der Waals surface area contributed by atoms with Crippen molar-refractivity contribution in [3.05, 3.63) is 48.0 Å². The second-order valence-electron chi connectivity index (χ2n) is 6.53. The third-order valence-corrected chi connectivity index (χ3v) is 4.83. The summed E-state index contributed by atoms with van der Waals surface area (Å²) in [5.74, 6) is 0.575. The van der Waals surface area contributed by atoms with Crippen LogP contribution in [-0.4, -0.2) is 23.4 Å². The highest BCUT2D eigenvalue weighted by molar-refractivity contribution is 7.99. The number of esters is 1. The van der Waals surface area contributed by atoms with E-state index in [1.165, 1.54) is 16.3 Å². The second kappa shape index (κ2) is 5.94. The molecule has 0 saturated carbocycles. The highest BCUT2D eigenvalue weighted by atomic mass is 32.2. The minimum atomic E-state index is -0.443. The Morgan fingerprint density at radius 1 is 1.18 bits per heavy atom. The Morgan fingerprint density at radius 2 is 1.91 bits per heavy atom. The molecule has 2 atom stereocenters. The van der Waals surface area contributed by atoms with Gasteiger partial charge in [-0.05, 0) is 37.1 Å². The zero-order valence-electron chi connectivity index (χ0n) is 13.1. The maximum atomic E-state index is 12.2. The molecular weight excluding hydrogens is 294 g/mol. The van der Waals surface area contributed by atoms with Crippen molar-refractivity contribution in [1.82, 2.24) is 5.32 Å². The van der Waals surface area contributed by atoms with E-state index < -0.39 is 5.60 Å². The van der Waals surface area contributed by atoms with Crippen LogP contribution in [0.15, 0.2) is 42.5 Å². The van der Waals surface area contributed by atoms with Crippen LogP contribution in [0.25, 0.3) is 10.8 Å². The Balaban J connectivity index is 1.79. The summed E-state index contributed by atoms with van der Waals surface area (Å²) in [7, 11) is 0. The molecule has 1 aliphatic rings. The van der Waals surface area contributed by atoms with E-state index >= 15 is 0 Å². The van der Waals surface area contributed by atoms with E-state index in [-0.39, 0.29) is 17.4 Å². The molecular formula is C18H21NO2S. The maximum Gasteiger partial charge on any atom is 0.324 e. The normalized spacial score (nSPS) is 22.0. The van der Waals surface area contributed by atoms with Gasteiger partial charge in [-0.15, -0.1) is 11.8 Å². The second-order valence-corrected chi connectivity index (χ2v) is 7.67. The zero-order chi connectivity index (χ0) is 15.7. The first-order valence-electron chi connectivity index (χ1n) is 7.52. The fourth-order valence-corrected chi connectivity index (χ4v) is 3.90. The van der Waals surface area contributed by atoms with Crippen molar-refractivity contribution in [2.75, 3.05) is 5.75 Å². The van der Waals surface area contributed by atoms with E-state index in [0.717, 1.165) is 5.75 Å². The van der Waals surface area contributed by atoms with Gasteiger partial charge in [-0.1, -0.05) is 42.5 Å². The van der Waals surface area contributed by atoms with E-state index in [0.29, 0.717) is 0 Å². The average Bonchev–Trinajstić information content (AvgIpc) is 2.94. The van der Waals surface area contributed by atoms with Crippen LogP contribution in [0.5, 0.6) is 0 Å². The van der Waals surface area contributed by atoms with Gasteiger partial charge in [0.15, 0.2) is 0 Å². The monoisotopic (exact) mass is 315 g/mol. The highest BCUT2D eigenvalue weighted by Crippen LogP contribution is 2.36. The number of thioether (sulfide) groups is 1. The zero-order valence-corrected chi connectivity index (χ0v) is 13.9. The number of nitrogens with one attached hydrogen (secondary N) is 1. The predicted octanol–water partition coefficient (Wildman–Crippen LogP) is 3.89. The van der Waals surface area contributed by atoms with Gasteiger partial charge in [-0.2, -0.15) is 0 Å². The summed E-state index contributed by atoms with van der Waals surface area (Å²) >= 11 is 1.76. The number of ether oxygens (including phenoxy) is 1. The van der Waals surface area contributed by atoms with Gasteiger partial charge in [-0.25, -0.2) is 0 Å². The van der Waals surface area contributed by atoms with Crippen LogP contribution in [0.4, 0.5) is 0 Å². The Hall–Kier alpha value is -1.52. The van der Waals surface area contributed by atoms with Crippen LogP contribution in [0.2, 0.25) is 0 Å². The van der Waals surface area contributed by atoms with E-state index in [9.17, 15) is 4.79 Å². The van der Waals surface area contributed by atoms with Crippen molar-refractivity contribution in [2.45, 2.75) is 37.8 Å². The molecule has 2 aromatic carbocycles. The lowest BCUT2D eigenvalue weighted by Crippen LogP contribution is -2.39. The molecule has 1 fully saturated rings. The summed E-state index contributed by atoms with van der Waals surface area (Å²) in [6, 6.07) is 14.4. The van der Waals surface area contributed by atoms with Gasteiger partial charge in [0.05, 0.1) is 5.37 Å². The molecule has 3 nitrogen and oxygen atoms in total. The van der Waals surface area contributed by atoms with E-state index in [1.807, 2.05) is 26.8 Å². The van der Waals surface area contributed by atoms with Crippen LogP contribution >= 0.6 is 11.8 Å². The largest absolute Gasteiger partial charge is 0.459 e. The number of fused-ring (bicyclic) bond motifs is 1. The number of hydrogen-bond donors (Lipinski definition) is 1. The first kappa shape index (κ1) is 15.4. The van der Waals surface area contributed by atoms with Gasteiger partial charge in [0.2, 0.25) is 0 Å². The molecule has 1 heterocycles. The molecule has 0 radical (unpaired) electrons. The van der Waals surface area contributed by atoms with Crippen LogP contribution in [0.1, 0.15) is 31.7 Å². The topological polar surface area (TPSA) is 38.3 Å². The minimum Gasteiger partial charge on any atom is -0.459 e. The molecule has 0 amide bonds. The van der Waals surface area contributed by atoms with E-state index in [1.54, 1.807) is 11.8 Å². The molecule has 116 valence electrons. The SMILES string of the molecule is CC(C)(C)OC(=O)[C@@H]1CSC(c2cccc3ccccc23)N1. The average molecular weight is 315 g/mol. The van der Waals surface area contributed by atoms with Crippen LogP contribution in [-0.2, 0) is 9.53 Å². The standard InChI is InChI=1S/C18H21NO2S/c1-18(2,3)21-17(20)15-11-22-16(19-15)14-10-6-8-12-7-4-5-9-13(12)14/h4-10,15-16,19H,11H2,1-3H3/t15-,16?/m0/s1. The van der Waals surface area contributed by atoms with Gasteiger partial charge in [-0.3, -0.25) is 10.1 Å². The first-order chi connectivity index (χ1) is 10.4. The fraction of sp³-hybridized carbons (Fsp3) is 0.389. The van der Waals surface area contributed by atoms with Crippen molar-refractivity contribution < 1.29 is 9.53 Å². The van der Waals surface area contributed by atoms with Crippen molar-refractivity contribution in [2.24, 2.45) is 0 Å². The highest BCUT2D eigenvalue weighted by Gasteiger charge is 2.34. The Morgan fingerprint density at radius 3 is 2.68 bits per heavy atom. The van der Waals surface area contributed by atoms with Gasteiger partial charge in [0.25, 0.3) is 0 Å². The van der Waals surface area contributed by atoms with Gasteiger partial charge >= 0.3 is 5.97 Å². The molecule has 1 saturated heterocycles. The quantitative estimate of drug-likeness (QED) is 0.854. The van der Waals surface area contributed by atoms with Crippen LogP contribution in [0, 0.1) is 0 Å². The summed E-state index contributed by atoms with van der Waals surface area (Å²) in [6.45, 7) is 5.69. The molecule has 0 aliphatic carbocycles. The van der Waals surface area contributed by atoms with Crippen LogP contribution in [0.3, 0.4) is 0 Å². The van der Waals surface area contributed by atoms with Gasteiger partial charge in [0.1, 0.15) is 11.6 Å². The van der Waals surface area contributed by atoms with E-state index in [4.69, 9.17) is 4.74 Å². The van der Waals surface area contributed by atoms with Crippen molar-refractivity contribution >= 4 is 28.5 Å². The summed E-state index contributed by atoms with van der Waals surface area (Å²) in [6.07, 6.45) is 0. The smallest absolute Gasteiger partial charge is 0.324 e. The molecule has 0 aromatic heterocycles. The molecule has 1 aliphatic heterocycles. The minimum absolute atomic E-state index is 0.128. The fourth-order valence-electron chi connectivity index (χ4n) is 2.64. The maximum absolute atomic E-state index is 12.2. The third-order valence-electron chi connectivity index (χ3n) is 3.58. The molecule has 0 spiro atoms. The molecule has 0 bridgehead atoms. The van der Waals surface area contributed by atoms with Gasteiger partial charge < -0.3 is 4.74 Å². The Bertz CT molecular complexity index is 688. The lowest BCUT2D eigenvalue weighted by molar-refractivity contribution is -0.156. The molecule has 3 rings (SSSR count). The van der Waals surface area contributed by atoms with Gasteiger partial charge in [0, 0.05) is 5.75 Å². The number of rotatable bonds is 2. The molecule has 22 heavy (non-hydrogen) atoms. The molecule has 1 unspecified atom stereocenters.